The summed E-state index contributed by atoms with van der Waals surface area (Å²) < 4.78 is 5.15. The number of nitrogen functional groups attached to an aromatic ring is 1. The van der Waals surface area contributed by atoms with E-state index in [1.807, 2.05) is 6.07 Å². The number of hydrogen-bond acceptors (Lipinski definition) is 7. The van der Waals surface area contributed by atoms with Crippen LogP contribution in [0.4, 0.5) is 5.82 Å². The second-order valence-electron chi connectivity index (χ2n) is 5.03. The molecule has 1 unspecified atom stereocenters. The molecular formula is C12H20N6O. The number of nitrogens with two attached hydrogens (primary N) is 1. The van der Waals surface area contributed by atoms with Gasteiger partial charge in [0.2, 0.25) is 0 Å². The Morgan fingerprint density at radius 2 is 2.16 bits per heavy atom. The number of rotatable bonds is 4. The van der Waals surface area contributed by atoms with Crippen molar-refractivity contribution in [2.75, 3.05) is 45.3 Å². The third kappa shape index (κ3) is 2.55. The lowest BCUT2D eigenvalue weighted by atomic mass is 10.1. The Hall–Kier alpha value is -1.28. The summed E-state index contributed by atoms with van der Waals surface area (Å²) in [4.78, 5) is 14.0. The normalized spacial score (nSPS) is 29.5. The molecule has 19 heavy (non-hydrogen) atoms. The van der Waals surface area contributed by atoms with Crippen LogP contribution in [0.5, 0.6) is 0 Å². The van der Waals surface area contributed by atoms with Gasteiger partial charge in [-0.2, -0.15) is 0 Å². The van der Waals surface area contributed by atoms with Gasteiger partial charge in [-0.05, 0) is 0 Å². The van der Waals surface area contributed by atoms with E-state index in [1.54, 1.807) is 7.11 Å². The predicted molar refractivity (Wildman–Crippen MR) is 71.3 cm³/mol. The first-order valence-electron chi connectivity index (χ1n) is 6.60. The molecule has 7 nitrogen and oxygen atoms in total. The highest BCUT2D eigenvalue weighted by atomic mass is 16.5. The molecule has 3 aliphatic heterocycles. The van der Waals surface area contributed by atoms with Crippen molar-refractivity contribution < 1.29 is 4.74 Å². The number of piperazine rings is 3. The number of methoxy groups -OCH3 is 1. The van der Waals surface area contributed by atoms with E-state index in [4.69, 9.17) is 10.6 Å². The number of anilines is 1. The smallest absolute Gasteiger partial charge is 0.149 e. The van der Waals surface area contributed by atoms with Crippen molar-refractivity contribution in [3.05, 3.63) is 17.6 Å². The molecule has 3 saturated heterocycles. The maximum Gasteiger partial charge on any atom is 0.149 e. The predicted octanol–water partition coefficient (Wildman–Crippen LogP) is -0.419. The Kier molecular flexibility index (Phi) is 3.61. The van der Waals surface area contributed by atoms with E-state index < -0.39 is 0 Å². The largest absolute Gasteiger partial charge is 0.378 e. The summed E-state index contributed by atoms with van der Waals surface area (Å²) >= 11 is 0. The van der Waals surface area contributed by atoms with Gasteiger partial charge in [-0.15, -0.1) is 0 Å². The van der Waals surface area contributed by atoms with Crippen LogP contribution >= 0.6 is 0 Å². The minimum absolute atomic E-state index is 0.270. The summed E-state index contributed by atoms with van der Waals surface area (Å²) in [5.74, 6) is 6.97. The van der Waals surface area contributed by atoms with Crippen molar-refractivity contribution in [3.63, 3.8) is 0 Å². The van der Waals surface area contributed by atoms with Gasteiger partial charge in [0.25, 0.3) is 0 Å². The first kappa shape index (κ1) is 12.7. The fraction of sp³-hybridized carbons (Fsp3) is 0.667. The van der Waals surface area contributed by atoms with E-state index in [2.05, 4.69) is 25.2 Å². The molecule has 1 atom stereocenters. The molecular weight excluding hydrogens is 244 g/mol. The van der Waals surface area contributed by atoms with Crippen LogP contribution in [0.15, 0.2) is 6.07 Å². The van der Waals surface area contributed by atoms with Crippen molar-refractivity contribution in [1.82, 2.24) is 19.8 Å². The zero-order valence-electron chi connectivity index (χ0n) is 11.2. The quantitative estimate of drug-likeness (QED) is 0.565. The molecule has 3 aliphatic rings. The number of aromatic nitrogens is 2. The number of nitrogens with zero attached hydrogens (tertiary/aromatic N) is 4. The van der Waals surface area contributed by atoms with Crippen LogP contribution in [-0.2, 0) is 11.3 Å². The highest BCUT2D eigenvalue weighted by Gasteiger charge is 2.34. The second kappa shape index (κ2) is 5.38. The molecule has 0 aromatic carbocycles. The number of nitrogens with one attached hydrogen (secondary N) is 1. The van der Waals surface area contributed by atoms with Gasteiger partial charge in [0, 0.05) is 45.9 Å². The standard InChI is InChI=1S/C12H20N6O/c1-19-8-9-6-11(16-13)15-12(14-9)10-7-17-2-4-18(10)5-3-17/h6,10H,2-5,7-8,13H2,1H3,(H,14,15,16). The minimum Gasteiger partial charge on any atom is -0.378 e. The maximum atomic E-state index is 5.48. The topological polar surface area (TPSA) is 79.5 Å². The van der Waals surface area contributed by atoms with Gasteiger partial charge in [-0.3, -0.25) is 9.80 Å². The Bertz CT molecular complexity index is 446. The van der Waals surface area contributed by atoms with E-state index in [0.29, 0.717) is 12.4 Å². The molecule has 0 saturated carbocycles. The molecule has 3 N–H and O–H groups in total. The van der Waals surface area contributed by atoms with Crippen LogP contribution in [0, 0.1) is 0 Å². The van der Waals surface area contributed by atoms with E-state index >= 15 is 0 Å². The lowest BCUT2D eigenvalue weighted by molar-refractivity contribution is 0.00848. The molecule has 0 radical (unpaired) electrons. The fourth-order valence-electron chi connectivity index (χ4n) is 2.83. The zero-order valence-corrected chi connectivity index (χ0v) is 11.2. The first-order chi connectivity index (χ1) is 9.30. The summed E-state index contributed by atoms with van der Waals surface area (Å²) in [6.45, 7) is 5.95. The number of hydrogen-bond donors (Lipinski definition) is 2. The summed E-state index contributed by atoms with van der Waals surface area (Å²) in [5.41, 5.74) is 3.47. The van der Waals surface area contributed by atoms with Crippen LogP contribution < -0.4 is 11.3 Å². The Balaban J connectivity index is 1.88. The average molecular weight is 264 g/mol. The fourth-order valence-corrected chi connectivity index (χ4v) is 2.83. The van der Waals surface area contributed by atoms with E-state index in [1.165, 1.54) is 0 Å². The van der Waals surface area contributed by atoms with Gasteiger partial charge in [-0.1, -0.05) is 0 Å². The first-order valence-corrected chi connectivity index (χ1v) is 6.60. The van der Waals surface area contributed by atoms with Crippen molar-refractivity contribution in [3.8, 4) is 0 Å². The second-order valence-corrected chi connectivity index (χ2v) is 5.03. The molecule has 2 bridgehead atoms. The van der Waals surface area contributed by atoms with Gasteiger partial charge in [0.05, 0.1) is 18.3 Å². The minimum atomic E-state index is 0.270. The van der Waals surface area contributed by atoms with E-state index in [0.717, 1.165) is 44.2 Å². The molecule has 1 aromatic rings. The van der Waals surface area contributed by atoms with Gasteiger partial charge in [0.1, 0.15) is 11.6 Å². The van der Waals surface area contributed by atoms with Crippen LogP contribution in [0.2, 0.25) is 0 Å². The van der Waals surface area contributed by atoms with Crippen molar-refractivity contribution in [1.29, 1.82) is 0 Å². The van der Waals surface area contributed by atoms with Crippen LogP contribution in [0.1, 0.15) is 17.6 Å². The van der Waals surface area contributed by atoms with Gasteiger partial charge >= 0.3 is 0 Å². The zero-order chi connectivity index (χ0) is 13.2. The molecule has 4 heterocycles. The third-order valence-electron chi connectivity index (χ3n) is 3.81. The summed E-state index contributed by atoms with van der Waals surface area (Å²) in [6, 6.07) is 2.09. The van der Waals surface area contributed by atoms with E-state index in [9.17, 15) is 0 Å². The lowest BCUT2D eigenvalue weighted by Gasteiger charge is -2.46. The van der Waals surface area contributed by atoms with Gasteiger partial charge in [-0.25, -0.2) is 15.8 Å². The van der Waals surface area contributed by atoms with Gasteiger partial charge in [0.15, 0.2) is 0 Å². The molecule has 4 rings (SSSR count). The molecule has 0 aliphatic carbocycles. The molecule has 104 valence electrons. The Labute approximate surface area is 112 Å². The molecule has 7 heteroatoms. The number of ether oxygens (including phenoxy) is 1. The number of fused-ring (bicyclic) bond motifs is 3. The van der Waals surface area contributed by atoms with Crippen LogP contribution in [-0.4, -0.2) is 59.6 Å². The van der Waals surface area contributed by atoms with Crippen LogP contribution in [0.3, 0.4) is 0 Å². The monoisotopic (exact) mass is 264 g/mol. The van der Waals surface area contributed by atoms with Gasteiger partial charge < -0.3 is 10.2 Å². The maximum absolute atomic E-state index is 5.48. The molecule has 0 amide bonds. The summed E-state index contributed by atoms with van der Waals surface area (Å²) in [7, 11) is 1.66. The molecule has 3 fully saturated rings. The summed E-state index contributed by atoms with van der Waals surface area (Å²) in [5, 5.41) is 0. The lowest BCUT2D eigenvalue weighted by Crippen LogP contribution is -2.57. The third-order valence-corrected chi connectivity index (χ3v) is 3.81. The van der Waals surface area contributed by atoms with Crippen molar-refractivity contribution in [2.24, 2.45) is 5.84 Å². The van der Waals surface area contributed by atoms with E-state index in [-0.39, 0.29) is 6.04 Å². The highest BCUT2D eigenvalue weighted by molar-refractivity contribution is 5.35. The molecule has 0 spiro atoms. The average Bonchev–Trinajstić information content (AvgIpc) is 2.48. The number of hydrazine groups is 1. The van der Waals surface area contributed by atoms with Crippen LogP contribution in [0.25, 0.3) is 0 Å². The van der Waals surface area contributed by atoms with Crippen molar-refractivity contribution >= 4 is 5.82 Å². The Morgan fingerprint density at radius 1 is 1.37 bits per heavy atom. The van der Waals surface area contributed by atoms with Crippen molar-refractivity contribution in [2.45, 2.75) is 12.6 Å². The highest BCUT2D eigenvalue weighted by Crippen LogP contribution is 2.27. The summed E-state index contributed by atoms with van der Waals surface area (Å²) in [6.07, 6.45) is 0. The molecule has 1 aromatic heterocycles. The SMILES string of the molecule is COCc1cc(NN)nc(C2CN3CCN2CC3)n1. The Morgan fingerprint density at radius 3 is 2.74 bits per heavy atom.